The Morgan fingerprint density at radius 2 is 1.68 bits per heavy atom. The van der Waals surface area contributed by atoms with Crippen LogP contribution in [0, 0.1) is 5.92 Å². The first-order valence-electron chi connectivity index (χ1n) is 14.4. The first-order chi connectivity index (χ1) is 19.8. The molecule has 0 bridgehead atoms. The van der Waals surface area contributed by atoms with E-state index in [1.54, 1.807) is 12.1 Å². The lowest BCUT2D eigenvalue weighted by atomic mass is 9.76. The smallest absolute Gasteiger partial charge is 0.338 e. The fraction of sp³-hybridized carbons (Fsp3) is 0.485. The van der Waals surface area contributed by atoms with Crippen molar-refractivity contribution >= 4 is 5.97 Å². The molecule has 8 heteroatoms. The third kappa shape index (κ3) is 9.16. The first-order valence-corrected chi connectivity index (χ1v) is 14.4. The fourth-order valence-corrected chi connectivity index (χ4v) is 5.21. The van der Waals surface area contributed by atoms with Gasteiger partial charge >= 0.3 is 5.97 Å². The van der Waals surface area contributed by atoms with Crippen LogP contribution in [0.1, 0.15) is 69.4 Å². The molecule has 0 amide bonds. The summed E-state index contributed by atoms with van der Waals surface area (Å²) in [5.74, 6) is 1.28. The second-order valence-electron chi connectivity index (χ2n) is 10.5. The molecule has 1 atom stereocenters. The molecule has 2 aromatic carbocycles. The molecule has 1 saturated carbocycles. The van der Waals surface area contributed by atoms with Gasteiger partial charge in [-0.2, -0.15) is 0 Å². The Morgan fingerprint density at radius 3 is 2.34 bits per heavy atom. The van der Waals surface area contributed by atoms with Crippen LogP contribution in [0.2, 0.25) is 0 Å². The van der Waals surface area contributed by atoms with Gasteiger partial charge in [-0.05, 0) is 78.3 Å². The van der Waals surface area contributed by atoms with Gasteiger partial charge in [0.1, 0.15) is 0 Å². The van der Waals surface area contributed by atoms with E-state index < -0.39 is 32.3 Å². The van der Waals surface area contributed by atoms with Gasteiger partial charge < -0.3 is 34.3 Å². The summed E-state index contributed by atoms with van der Waals surface area (Å²) in [4.78, 5) is 11.9. The van der Waals surface area contributed by atoms with E-state index in [0.29, 0.717) is 17.4 Å². The number of hydrogen-bond donors (Lipinski definition) is 3. The van der Waals surface area contributed by atoms with Gasteiger partial charge in [-0.15, -0.1) is 0 Å². The fourth-order valence-electron chi connectivity index (χ4n) is 5.21. The molecular weight excluding hydrogens is 524 g/mol. The van der Waals surface area contributed by atoms with Crippen LogP contribution in [0.4, 0.5) is 0 Å². The number of carbonyl (C=O) groups excluding carboxylic acids is 1. The van der Waals surface area contributed by atoms with E-state index in [9.17, 15) is 9.90 Å². The summed E-state index contributed by atoms with van der Waals surface area (Å²) in [7, 11) is 0. The predicted molar refractivity (Wildman–Crippen MR) is 157 cm³/mol. The Labute approximate surface area is 243 Å². The molecule has 3 rings (SSSR count). The van der Waals surface area contributed by atoms with Crippen LogP contribution in [-0.2, 0) is 20.7 Å². The number of carbonyl (C=O) groups is 1. The minimum Gasteiger partial charge on any atom is -0.464 e. The number of aryl methyl sites for hydroxylation is 1. The molecule has 0 saturated heterocycles. The summed E-state index contributed by atoms with van der Waals surface area (Å²) < 4.78 is 21.6. The first kappa shape index (κ1) is 32.3. The Bertz CT molecular complexity index is 1170. The Hall–Kier alpha value is -3.17. The van der Waals surface area contributed by atoms with Gasteiger partial charge in [-0.1, -0.05) is 64.1 Å². The van der Waals surface area contributed by atoms with Crippen LogP contribution in [0.5, 0.6) is 11.5 Å². The molecule has 1 aliphatic rings. The topological polar surface area (TPSA) is 115 Å². The van der Waals surface area contributed by atoms with Crippen LogP contribution in [0.15, 0.2) is 60.7 Å². The zero-order valence-corrected chi connectivity index (χ0v) is 24.3. The van der Waals surface area contributed by atoms with Gasteiger partial charge in [-0.3, -0.25) is 0 Å². The highest BCUT2D eigenvalue weighted by atomic mass is 16.7. The number of hydrogen-bond acceptors (Lipinski definition) is 8. The van der Waals surface area contributed by atoms with Gasteiger partial charge in [0.15, 0.2) is 24.6 Å². The van der Waals surface area contributed by atoms with Crippen molar-refractivity contribution in [3.05, 3.63) is 71.8 Å². The molecule has 0 radical (unpaired) electrons. The van der Waals surface area contributed by atoms with E-state index in [4.69, 9.17) is 29.2 Å². The summed E-state index contributed by atoms with van der Waals surface area (Å²) in [6.45, 7) is 9.68. The Balaban J connectivity index is 1.80. The second-order valence-corrected chi connectivity index (χ2v) is 10.5. The number of aliphatic hydroxyl groups is 3. The zero-order valence-electron chi connectivity index (χ0n) is 24.3. The van der Waals surface area contributed by atoms with Crippen molar-refractivity contribution in [2.45, 2.75) is 71.0 Å². The standard InChI is InChI=1S/C33H44O8/c1-5-7-24-8-10-26(11-9-24)27-12-14-29(25(6-2)16-27)28-13-15-30(38-20-40-32(36)22(3)18-34)31(17-28)39-21-41-33(37)23(4)19-35/h12-17,24,26,32,34-36H,3-11,18-21H2,1-2H3. The SMILES string of the molecule is C=C(CO)C(=O)OCOc1cc(-c2ccc(C3CCC(CCC)CC3)cc2CC)ccc1OCOC(O)C(=C)CO. The molecule has 2 aromatic rings. The molecule has 0 aromatic heterocycles. The Kier molecular flexibility index (Phi) is 12.9. The van der Waals surface area contributed by atoms with E-state index in [1.807, 2.05) is 6.07 Å². The summed E-state index contributed by atoms with van der Waals surface area (Å²) in [6.07, 6.45) is 7.14. The number of esters is 1. The van der Waals surface area contributed by atoms with E-state index in [0.717, 1.165) is 23.5 Å². The van der Waals surface area contributed by atoms with Gasteiger partial charge in [0.25, 0.3) is 0 Å². The zero-order chi connectivity index (χ0) is 29.8. The lowest BCUT2D eigenvalue weighted by Gasteiger charge is -2.29. The molecule has 224 valence electrons. The minimum absolute atomic E-state index is 0.0862. The van der Waals surface area contributed by atoms with Crippen LogP contribution in [0.3, 0.4) is 0 Å². The van der Waals surface area contributed by atoms with Crippen LogP contribution in [-0.4, -0.2) is 54.4 Å². The van der Waals surface area contributed by atoms with Crippen LogP contribution in [0.25, 0.3) is 11.1 Å². The molecule has 3 N–H and O–H groups in total. The Morgan fingerprint density at radius 1 is 0.951 bits per heavy atom. The lowest BCUT2D eigenvalue weighted by Crippen LogP contribution is -2.20. The maximum atomic E-state index is 11.9. The van der Waals surface area contributed by atoms with Gasteiger partial charge in [0.2, 0.25) is 6.79 Å². The summed E-state index contributed by atoms with van der Waals surface area (Å²) >= 11 is 0. The molecule has 41 heavy (non-hydrogen) atoms. The van der Waals surface area contributed by atoms with E-state index in [1.165, 1.54) is 49.7 Å². The van der Waals surface area contributed by atoms with Crippen molar-refractivity contribution < 1.29 is 39.1 Å². The molecule has 1 fully saturated rings. The lowest BCUT2D eigenvalue weighted by molar-refractivity contribution is -0.146. The van der Waals surface area contributed by atoms with Crippen molar-refractivity contribution in [3.63, 3.8) is 0 Å². The third-order valence-corrected chi connectivity index (χ3v) is 7.66. The number of ether oxygens (including phenoxy) is 4. The van der Waals surface area contributed by atoms with Gasteiger partial charge in [0, 0.05) is 5.57 Å². The van der Waals surface area contributed by atoms with Crippen LogP contribution < -0.4 is 9.47 Å². The van der Waals surface area contributed by atoms with E-state index in [2.05, 4.69) is 45.2 Å². The summed E-state index contributed by atoms with van der Waals surface area (Å²) in [5.41, 5.74) is 4.62. The monoisotopic (exact) mass is 568 g/mol. The molecule has 0 heterocycles. The van der Waals surface area contributed by atoms with Crippen molar-refractivity contribution in [1.29, 1.82) is 0 Å². The molecule has 0 aliphatic heterocycles. The van der Waals surface area contributed by atoms with Crippen molar-refractivity contribution in [1.82, 2.24) is 0 Å². The highest BCUT2D eigenvalue weighted by Gasteiger charge is 2.23. The largest absolute Gasteiger partial charge is 0.464 e. The molecule has 0 spiro atoms. The number of benzene rings is 2. The highest BCUT2D eigenvalue weighted by molar-refractivity contribution is 5.87. The third-order valence-electron chi connectivity index (χ3n) is 7.66. The molecule has 1 aliphatic carbocycles. The maximum Gasteiger partial charge on any atom is 0.338 e. The van der Waals surface area contributed by atoms with Crippen molar-refractivity contribution in [2.75, 3.05) is 26.8 Å². The summed E-state index contributed by atoms with van der Waals surface area (Å²) in [5, 5.41) is 28.1. The predicted octanol–water partition coefficient (Wildman–Crippen LogP) is 5.64. The quantitative estimate of drug-likeness (QED) is 0.103. The number of rotatable bonds is 16. The normalized spacial score (nSPS) is 17.5. The van der Waals surface area contributed by atoms with E-state index in [-0.39, 0.29) is 17.9 Å². The van der Waals surface area contributed by atoms with Gasteiger partial charge in [0.05, 0.1) is 18.8 Å². The second kappa shape index (κ2) is 16.3. The molecule has 8 nitrogen and oxygen atoms in total. The average molecular weight is 569 g/mol. The summed E-state index contributed by atoms with van der Waals surface area (Å²) in [6, 6.07) is 12.2. The highest BCUT2D eigenvalue weighted by Crippen LogP contribution is 2.40. The molecule has 1 unspecified atom stereocenters. The van der Waals surface area contributed by atoms with E-state index >= 15 is 0 Å². The number of aliphatic hydroxyl groups excluding tert-OH is 3. The van der Waals surface area contributed by atoms with Crippen LogP contribution >= 0.6 is 0 Å². The maximum absolute atomic E-state index is 11.9. The van der Waals surface area contributed by atoms with Crippen molar-refractivity contribution in [2.24, 2.45) is 5.92 Å². The van der Waals surface area contributed by atoms with Gasteiger partial charge in [-0.25, -0.2) is 4.79 Å². The van der Waals surface area contributed by atoms with Crippen molar-refractivity contribution in [3.8, 4) is 22.6 Å². The minimum atomic E-state index is -1.39. The average Bonchev–Trinajstić information content (AvgIpc) is 3.00. The molecular formula is C33H44O8.